The highest BCUT2D eigenvalue weighted by Gasteiger charge is 2.32. The van der Waals surface area contributed by atoms with Crippen molar-refractivity contribution in [3.05, 3.63) is 60.2 Å². The minimum absolute atomic E-state index is 0.227. The average Bonchev–Trinajstić information content (AvgIpc) is 2.70. The first kappa shape index (κ1) is 23.7. The Balaban J connectivity index is 2.34. The second kappa shape index (κ2) is 10.5. The maximum absolute atomic E-state index is 13.3. The molecule has 0 heterocycles. The normalized spacial score (nSPS) is 13.5. The minimum Gasteiger partial charge on any atom is -0.497 e. The van der Waals surface area contributed by atoms with E-state index in [-0.39, 0.29) is 11.9 Å². The zero-order chi connectivity index (χ0) is 22.3. The van der Waals surface area contributed by atoms with E-state index in [4.69, 9.17) is 4.74 Å². The van der Waals surface area contributed by atoms with E-state index in [1.165, 1.54) is 4.31 Å². The van der Waals surface area contributed by atoms with Gasteiger partial charge in [-0.15, -0.1) is 0 Å². The Labute approximate surface area is 180 Å². The Morgan fingerprint density at radius 2 is 1.67 bits per heavy atom. The highest BCUT2D eigenvalue weighted by molar-refractivity contribution is 7.92. The van der Waals surface area contributed by atoms with Crippen molar-refractivity contribution in [3.63, 3.8) is 0 Å². The fourth-order valence-electron chi connectivity index (χ4n) is 3.49. The molecule has 2 aromatic carbocycles. The number of rotatable bonds is 10. The predicted octanol–water partition coefficient (Wildman–Crippen LogP) is 4.14. The molecule has 0 bridgehead atoms. The number of carbonyl (C=O) groups excluding carboxylic acids is 1. The lowest BCUT2D eigenvalue weighted by molar-refractivity contribution is -0.123. The number of anilines is 1. The molecule has 2 aromatic rings. The van der Waals surface area contributed by atoms with Gasteiger partial charge in [-0.25, -0.2) is 8.42 Å². The third-order valence-corrected chi connectivity index (χ3v) is 6.06. The molecule has 0 saturated carbocycles. The van der Waals surface area contributed by atoms with Crippen molar-refractivity contribution in [1.29, 1.82) is 0 Å². The summed E-state index contributed by atoms with van der Waals surface area (Å²) >= 11 is 0. The first-order chi connectivity index (χ1) is 14.2. The number of hydrogen-bond donors (Lipinski definition) is 1. The van der Waals surface area contributed by atoms with E-state index in [1.54, 1.807) is 31.4 Å². The number of sulfonamides is 1. The molecule has 2 rings (SSSR count). The molecule has 0 fully saturated rings. The van der Waals surface area contributed by atoms with Gasteiger partial charge < -0.3 is 10.1 Å². The lowest BCUT2D eigenvalue weighted by atomic mass is 9.96. The standard InChI is InChI=1S/C23H32N2O4S/c1-6-22(25(30(5,27)28)19-10-8-7-9-11-19)23(26)24-21(16-17(2)3)18-12-14-20(29-4)15-13-18/h7-15,17,21-22H,6,16H2,1-5H3,(H,24,26)/t21-,22-/m0/s1. The van der Waals surface area contributed by atoms with E-state index >= 15 is 0 Å². The van der Waals surface area contributed by atoms with Crippen LogP contribution in [0.25, 0.3) is 0 Å². The van der Waals surface area contributed by atoms with Crippen LogP contribution in [-0.4, -0.2) is 33.7 Å². The summed E-state index contributed by atoms with van der Waals surface area (Å²) in [5.74, 6) is 0.776. The van der Waals surface area contributed by atoms with Crippen molar-refractivity contribution < 1.29 is 17.9 Å². The van der Waals surface area contributed by atoms with Crippen LogP contribution in [0, 0.1) is 5.92 Å². The molecule has 2 atom stereocenters. The van der Waals surface area contributed by atoms with Crippen LogP contribution in [0.2, 0.25) is 0 Å². The molecule has 0 aliphatic rings. The fraction of sp³-hybridized carbons (Fsp3) is 0.435. The van der Waals surface area contributed by atoms with Crippen molar-refractivity contribution in [1.82, 2.24) is 5.32 Å². The van der Waals surface area contributed by atoms with Crippen molar-refractivity contribution in [2.75, 3.05) is 17.7 Å². The second-order valence-electron chi connectivity index (χ2n) is 7.78. The van der Waals surface area contributed by atoms with Crippen LogP contribution in [0.15, 0.2) is 54.6 Å². The van der Waals surface area contributed by atoms with E-state index < -0.39 is 16.1 Å². The predicted molar refractivity (Wildman–Crippen MR) is 121 cm³/mol. The number of nitrogens with one attached hydrogen (secondary N) is 1. The number of benzene rings is 2. The molecule has 0 spiro atoms. The minimum atomic E-state index is -3.65. The summed E-state index contributed by atoms with van der Waals surface area (Å²) in [5, 5.41) is 3.09. The highest BCUT2D eigenvalue weighted by atomic mass is 32.2. The Morgan fingerprint density at radius 1 is 1.07 bits per heavy atom. The van der Waals surface area contributed by atoms with Crippen molar-refractivity contribution >= 4 is 21.6 Å². The van der Waals surface area contributed by atoms with Gasteiger partial charge in [0.2, 0.25) is 15.9 Å². The smallest absolute Gasteiger partial charge is 0.244 e. The summed E-state index contributed by atoms with van der Waals surface area (Å²) in [5.41, 5.74) is 1.44. The van der Waals surface area contributed by atoms with E-state index in [2.05, 4.69) is 19.2 Å². The fourth-order valence-corrected chi connectivity index (χ4v) is 4.70. The SMILES string of the molecule is CC[C@@H](C(=O)N[C@@H](CC(C)C)c1ccc(OC)cc1)N(c1ccccc1)S(C)(=O)=O. The molecule has 30 heavy (non-hydrogen) atoms. The lowest BCUT2D eigenvalue weighted by Crippen LogP contribution is -2.50. The third kappa shape index (κ3) is 6.23. The average molecular weight is 433 g/mol. The number of carbonyl (C=O) groups is 1. The molecule has 1 amide bonds. The van der Waals surface area contributed by atoms with Crippen molar-refractivity contribution in [2.45, 2.75) is 45.7 Å². The molecule has 0 unspecified atom stereocenters. The monoisotopic (exact) mass is 432 g/mol. The second-order valence-corrected chi connectivity index (χ2v) is 9.64. The van der Waals surface area contributed by atoms with Gasteiger partial charge in [-0.05, 0) is 48.6 Å². The number of hydrogen-bond acceptors (Lipinski definition) is 4. The molecule has 0 radical (unpaired) electrons. The van der Waals surface area contributed by atoms with Crippen molar-refractivity contribution in [2.24, 2.45) is 5.92 Å². The number of nitrogens with zero attached hydrogens (tertiary/aromatic N) is 1. The van der Waals surface area contributed by atoms with Gasteiger partial charge >= 0.3 is 0 Å². The van der Waals surface area contributed by atoms with Gasteiger partial charge in [0, 0.05) is 0 Å². The molecule has 0 aliphatic carbocycles. The maximum Gasteiger partial charge on any atom is 0.244 e. The molecule has 7 heteroatoms. The molecular formula is C23H32N2O4S. The first-order valence-electron chi connectivity index (χ1n) is 10.2. The van der Waals surface area contributed by atoms with Crippen LogP contribution in [0.3, 0.4) is 0 Å². The Morgan fingerprint density at radius 3 is 2.13 bits per heavy atom. The summed E-state index contributed by atoms with van der Waals surface area (Å²) in [6.07, 6.45) is 2.22. The van der Waals surface area contributed by atoms with Gasteiger partial charge in [-0.1, -0.05) is 51.1 Å². The van der Waals surface area contributed by atoms with E-state index in [0.29, 0.717) is 18.0 Å². The van der Waals surface area contributed by atoms with Crippen molar-refractivity contribution in [3.8, 4) is 5.75 Å². The van der Waals surface area contributed by atoms with E-state index in [1.807, 2.05) is 37.3 Å². The summed E-state index contributed by atoms with van der Waals surface area (Å²) in [4.78, 5) is 13.3. The molecule has 6 nitrogen and oxygen atoms in total. The molecule has 0 aromatic heterocycles. The van der Waals surface area contributed by atoms with E-state index in [0.717, 1.165) is 24.0 Å². The van der Waals surface area contributed by atoms with Crippen LogP contribution in [-0.2, 0) is 14.8 Å². The molecular weight excluding hydrogens is 400 g/mol. The number of amides is 1. The number of methoxy groups -OCH3 is 1. The Bertz CT molecular complexity index is 912. The quantitative estimate of drug-likeness (QED) is 0.612. The zero-order valence-corrected chi connectivity index (χ0v) is 19.1. The third-order valence-electron chi connectivity index (χ3n) is 4.88. The number of ether oxygens (including phenoxy) is 1. The largest absolute Gasteiger partial charge is 0.497 e. The highest BCUT2D eigenvalue weighted by Crippen LogP contribution is 2.26. The van der Waals surface area contributed by atoms with Crippen LogP contribution in [0.5, 0.6) is 5.75 Å². The van der Waals surface area contributed by atoms with Gasteiger partial charge in [-0.3, -0.25) is 9.10 Å². The van der Waals surface area contributed by atoms with Gasteiger partial charge in [0.1, 0.15) is 11.8 Å². The topological polar surface area (TPSA) is 75.7 Å². The van der Waals surface area contributed by atoms with Crippen LogP contribution >= 0.6 is 0 Å². The summed E-state index contributed by atoms with van der Waals surface area (Å²) in [6.45, 7) is 6.00. The van der Waals surface area contributed by atoms with E-state index in [9.17, 15) is 13.2 Å². The van der Waals surface area contributed by atoms with Gasteiger partial charge in [0.25, 0.3) is 0 Å². The molecule has 1 N–H and O–H groups in total. The first-order valence-corrected chi connectivity index (χ1v) is 12.0. The van der Waals surface area contributed by atoms with Gasteiger partial charge in [0.05, 0.1) is 25.1 Å². The van der Waals surface area contributed by atoms with Gasteiger partial charge in [0.15, 0.2) is 0 Å². The Kier molecular flexibility index (Phi) is 8.29. The van der Waals surface area contributed by atoms with Crippen LogP contribution in [0.4, 0.5) is 5.69 Å². The summed E-state index contributed by atoms with van der Waals surface area (Å²) < 4.78 is 31.6. The van der Waals surface area contributed by atoms with Crippen LogP contribution < -0.4 is 14.4 Å². The zero-order valence-electron chi connectivity index (χ0n) is 18.3. The molecule has 0 saturated heterocycles. The molecule has 0 aliphatic heterocycles. The molecule has 164 valence electrons. The number of para-hydroxylation sites is 1. The lowest BCUT2D eigenvalue weighted by Gasteiger charge is -2.32. The van der Waals surface area contributed by atoms with Gasteiger partial charge in [-0.2, -0.15) is 0 Å². The van der Waals surface area contributed by atoms with Crippen LogP contribution in [0.1, 0.15) is 45.2 Å². The summed E-state index contributed by atoms with van der Waals surface area (Å²) in [6, 6.07) is 15.2. The Hall–Kier alpha value is -2.54. The summed E-state index contributed by atoms with van der Waals surface area (Å²) in [7, 11) is -2.04. The maximum atomic E-state index is 13.3.